The monoisotopic (exact) mass is 419 g/mol. The lowest BCUT2D eigenvalue weighted by atomic mass is 10.2. The minimum atomic E-state index is -4.16. The number of aliphatic hydroxyl groups is 1. The molecule has 0 fully saturated rings. The van der Waals surface area contributed by atoms with Crippen molar-refractivity contribution < 1.29 is 22.3 Å². The number of anilines is 3. The molecule has 1 aliphatic rings. The Kier molecular flexibility index (Phi) is 6.63. The topological polar surface area (TPSA) is 72.9 Å². The summed E-state index contributed by atoms with van der Waals surface area (Å²) < 4.78 is 55.9. The van der Waals surface area contributed by atoms with Crippen molar-refractivity contribution in [1.29, 1.82) is 0 Å². The van der Waals surface area contributed by atoms with E-state index >= 15 is 0 Å². The molecule has 148 valence electrons. The molecule has 0 spiro atoms. The Hall–Kier alpha value is -1.94. The number of nitrogens with zero attached hydrogens (tertiary/aromatic N) is 2. The Bertz CT molecular complexity index is 914. The minimum absolute atomic E-state index is 0. The first-order valence-electron chi connectivity index (χ1n) is 8.06. The van der Waals surface area contributed by atoms with E-state index < -0.39 is 27.9 Å². The van der Waals surface area contributed by atoms with Gasteiger partial charge in [0.15, 0.2) is 0 Å². The van der Waals surface area contributed by atoms with Crippen LogP contribution in [-0.4, -0.2) is 39.8 Å². The molecule has 0 amide bonds. The van der Waals surface area contributed by atoms with Crippen molar-refractivity contribution in [1.82, 2.24) is 5.32 Å². The summed E-state index contributed by atoms with van der Waals surface area (Å²) in [5.41, 5.74) is 0.212. The molecule has 0 bridgehead atoms. The summed E-state index contributed by atoms with van der Waals surface area (Å²) in [6.07, 6.45) is -0.546. The first-order chi connectivity index (χ1) is 12.4. The van der Waals surface area contributed by atoms with Crippen LogP contribution in [0, 0.1) is 11.6 Å². The van der Waals surface area contributed by atoms with Gasteiger partial charge in [0.05, 0.1) is 23.2 Å². The Morgan fingerprint density at radius 1 is 1.11 bits per heavy atom. The highest BCUT2D eigenvalue weighted by atomic mass is 35.5. The van der Waals surface area contributed by atoms with E-state index in [1.807, 2.05) is 0 Å². The zero-order valence-electron chi connectivity index (χ0n) is 14.5. The zero-order valence-corrected chi connectivity index (χ0v) is 16.1. The standard InChI is InChI=1S/C17H19F2N3O3S.ClH/c1-20-11-13(23)8-9-21-15-4-2-3-5-16(15)22(26(21,24)25)17-10-12(18)6-7-14(17)19;/h2-7,10,13,20,23H,8-9,11H2,1H3;1H/t13-;/m0./s1. The lowest BCUT2D eigenvalue weighted by Crippen LogP contribution is -2.38. The number of hydrogen-bond donors (Lipinski definition) is 2. The van der Waals surface area contributed by atoms with E-state index in [9.17, 15) is 22.3 Å². The van der Waals surface area contributed by atoms with Gasteiger partial charge in [-0.2, -0.15) is 8.42 Å². The zero-order chi connectivity index (χ0) is 18.9. The summed E-state index contributed by atoms with van der Waals surface area (Å²) in [4.78, 5) is 0. The quantitative estimate of drug-likeness (QED) is 0.754. The van der Waals surface area contributed by atoms with Crippen LogP contribution in [0.5, 0.6) is 0 Å². The van der Waals surface area contributed by atoms with E-state index in [0.29, 0.717) is 12.2 Å². The number of halogens is 3. The Morgan fingerprint density at radius 3 is 2.44 bits per heavy atom. The number of likely N-dealkylation sites (N-methyl/N-ethyl adjacent to an activating group) is 1. The summed E-state index contributed by atoms with van der Waals surface area (Å²) in [5, 5.41) is 12.7. The molecule has 1 heterocycles. The predicted octanol–water partition coefficient (Wildman–Crippen LogP) is 2.56. The van der Waals surface area contributed by atoms with Crippen LogP contribution < -0.4 is 13.9 Å². The predicted molar refractivity (Wildman–Crippen MR) is 103 cm³/mol. The fourth-order valence-electron chi connectivity index (χ4n) is 2.93. The normalized spacial score (nSPS) is 16.0. The van der Waals surface area contributed by atoms with E-state index in [1.54, 1.807) is 25.2 Å². The molecule has 1 atom stereocenters. The number of benzene rings is 2. The van der Waals surface area contributed by atoms with E-state index in [1.165, 1.54) is 6.07 Å². The molecule has 0 aliphatic carbocycles. The smallest absolute Gasteiger partial charge is 0.331 e. The van der Waals surface area contributed by atoms with Crippen LogP contribution in [0.3, 0.4) is 0 Å². The van der Waals surface area contributed by atoms with Crippen molar-refractivity contribution in [2.75, 3.05) is 28.7 Å². The van der Waals surface area contributed by atoms with Crippen LogP contribution in [0.25, 0.3) is 0 Å². The van der Waals surface area contributed by atoms with Gasteiger partial charge >= 0.3 is 10.2 Å². The van der Waals surface area contributed by atoms with E-state index in [2.05, 4.69) is 5.32 Å². The van der Waals surface area contributed by atoms with Crippen LogP contribution in [0.2, 0.25) is 0 Å². The molecule has 0 aromatic heterocycles. The van der Waals surface area contributed by atoms with E-state index in [-0.39, 0.29) is 36.7 Å². The molecule has 3 rings (SSSR count). The number of para-hydroxylation sites is 2. The van der Waals surface area contributed by atoms with Crippen molar-refractivity contribution >= 4 is 39.7 Å². The van der Waals surface area contributed by atoms with Gasteiger partial charge in [0.25, 0.3) is 0 Å². The lowest BCUT2D eigenvalue weighted by Gasteiger charge is -2.23. The second kappa shape index (κ2) is 8.39. The Morgan fingerprint density at radius 2 is 1.78 bits per heavy atom. The third kappa shape index (κ3) is 4.01. The summed E-state index contributed by atoms with van der Waals surface area (Å²) in [6, 6.07) is 9.08. The molecule has 0 unspecified atom stereocenters. The maximum absolute atomic E-state index is 14.3. The second-order valence-corrected chi connectivity index (χ2v) is 7.63. The van der Waals surface area contributed by atoms with Gasteiger partial charge in [-0.25, -0.2) is 13.1 Å². The molecular weight excluding hydrogens is 400 g/mol. The maximum atomic E-state index is 14.3. The third-order valence-corrected chi connectivity index (χ3v) is 5.90. The average molecular weight is 420 g/mol. The Balaban J connectivity index is 0.00000261. The largest absolute Gasteiger partial charge is 0.392 e. The minimum Gasteiger partial charge on any atom is -0.392 e. The molecule has 27 heavy (non-hydrogen) atoms. The van der Waals surface area contributed by atoms with Gasteiger partial charge in [0, 0.05) is 19.2 Å². The van der Waals surface area contributed by atoms with Crippen molar-refractivity contribution in [3.8, 4) is 0 Å². The molecular formula is C17H20ClF2N3O3S. The van der Waals surface area contributed by atoms with Crippen molar-refractivity contribution in [2.45, 2.75) is 12.5 Å². The molecule has 1 aliphatic heterocycles. The van der Waals surface area contributed by atoms with Crippen LogP contribution in [0.15, 0.2) is 42.5 Å². The fraction of sp³-hybridized carbons (Fsp3) is 0.294. The number of aliphatic hydroxyl groups excluding tert-OH is 1. The molecule has 0 saturated heterocycles. The summed E-state index contributed by atoms with van der Waals surface area (Å²) >= 11 is 0. The number of rotatable bonds is 6. The molecule has 2 aromatic rings. The highest BCUT2D eigenvalue weighted by Crippen LogP contribution is 2.46. The van der Waals surface area contributed by atoms with Gasteiger partial charge < -0.3 is 10.4 Å². The second-order valence-electron chi connectivity index (χ2n) is 5.93. The summed E-state index contributed by atoms with van der Waals surface area (Å²) in [5.74, 6) is -1.58. The van der Waals surface area contributed by atoms with Gasteiger partial charge in [-0.15, -0.1) is 12.4 Å². The molecule has 10 heteroatoms. The first-order valence-corrected chi connectivity index (χ1v) is 9.45. The molecule has 0 saturated carbocycles. The highest BCUT2D eigenvalue weighted by molar-refractivity contribution is 7.95. The molecule has 6 nitrogen and oxygen atoms in total. The molecule has 0 radical (unpaired) electrons. The van der Waals surface area contributed by atoms with Gasteiger partial charge in [-0.05, 0) is 37.7 Å². The molecule has 2 aromatic carbocycles. The number of nitrogens with one attached hydrogen (secondary N) is 1. The van der Waals surface area contributed by atoms with E-state index in [4.69, 9.17) is 0 Å². The SMILES string of the molecule is CNC[C@@H](O)CCN1c2ccccc2N(c2cc(F)ccc2F)S1(=O)=O.Cl. The van der Waals surface area contributed by atoms with Crippen LogP contribution >= 0.6 is 12.4 Å². The van der Waals surface area contributed by atoms with Crippen molar-refractivity contribution in [3.63, 3.8) is 0 Å². The van der Waals surface area contributed by atoms with Crippen LogP contribution in [-0.2, 0) is 10.2 Å². The van der Waals surface area contributed by atoms with Crippen LogP contribution in [0.1, 0.15) is 6.42 Å². The third-order valence-electron chi connectivity index (χ3n) is 4.11. The lowest BCUT2D eigenvalue weighted by molar-refractivity contribution is 0.167. The van der Waals surface area contributed by atoms with Crippen LogP contribution in [0.4, 0.5) is 25.8 Å². The average Bonchev–Trinajstić information content (AvgIpc) is 2.81. The number of fused-ring (bicyclic) bond motifs is 1. The maximum Gasteiger partial charge on any atom is 0.331 e. The Labute approximate surface area is 163 Å². The van der Waals surface area contributed by atoms with E-state index in [0.717, 1.165) is 26.8 Å². The summed E-state index contributed by atoms with van der Waals surface area (Å²) in [7, 11) is -2.48. The van der Waals surface area contributed by atoms with Gasteiger partial charge in [-0.3, -0.25) is 4.31 Å². The highest BCUT2D eigenvalue weighted by Gasteiger charge is 2.42. The van der Waals surface area contributed by atoms with Gasteiger partial charge in [0.2, 0.25) is 0 Å². The first kappa shape index (κ1) is 21.4. The van der Waals surface area contributed by atoms with Crippen molar-refractivity contribution in [3.05, 3.63) is 54.1 Å². The molecule has 2 N–H and O–H groups in total. The van der Waals surface area contributed by atoms with Gasteiger partial charge in [0.1, 0.15) is 11.6 Å². The van der Waals surface area contributed by atoms with Gasteiger partial charge in [-0.1, -0.05) is 12.1 Å². The fourth-order valence-corrected chi connectivity index (χ4v) is 4.66. The number of hydrogen-bond acceptors (Lipinski definition) is 4. The van der Waals surface area contributed by atoms with Crippen molar-refractivity contribution in [2.24, 2.45) is 0 Å². The summed E-state index contributed by atoms with van der Waals surface area (Å²) in [6.45, 7) is 0.327.